The fourth-order valence-electron chi connectivity index (χ4n) is 2.62. The Bertz CT molecular complexity index is 1130. The molecule has 0 aliphatic heterocycles. The molecular weight excluding hydrogens is 368 g/mol. The quantitative estimate of drug-likeness (QED) is 0.294. The molecule has 0 spiro atoms. The number of nitrogens with one attached hydrogen (secondary N) is 1. The third kappa shape index (κ3) is 4.24. The third-order valence-electron chi connectivity index (χ3n) is 4.03. The molecule has 0 fully saturated rings. The molecule has 5 nitrogen and oxygen atoms in total. The Morgan fingerprint density at radius 3 is 2.64 bits per heavy atom. The number of phenolic OH excluding ortho intramolecular Hbond substituents is 1. The Morgan fingerprint density at radius 1 is 1.04 bits per heavy atom. The number of aromatic hydroxyl groups is 1. The summed E-state index contributed by atoms with van der Waals surface area (Å²) >= 11 is 1.56. The van der Waals surface area contributed by atoms with Gasteiger partial charge in [0.2, 0.25) is 0 Å². The summed E-state index contributed by atoms with van der Waals surface area (Å²) in [6.07, 6.45) is 1.64. The second-order valence-corrected chi connectivity index (χ2v) is 7.28. The van der Waals surface area contributed by atoms with Gasteiger partial charge in [0.25, 0.3) is 0 Å². The number of para-hydroxylation sites is 1. The van der Waals surface area contributed by atoms with Crippen LogP contribution in [-0.4, -0.2) is 22.1 Å². The summed E-state index contributed by atoms with van der Waals surface area (Å²) in [4.78, 5) is 9.38. The first-order chi connectivity index (χ1) is 13.7. The van der Waals surface area contributed by atoms with E-state index in [2.05, 4.69) is 15.5 Å². The summed E-state index contributed by atoms with van der Waals surface area (Å²) in [5.41, 5.74) is 6.72. The minimum absolute atomic E-state index is 0.198. The summed E-state index contributed by atoms with van der Waals surface area (Å²) < 4.78 is 1.09. The monoisotopic (exact) mass is 386 g/mol. The molecule has 3 aromatic carbocycles. The van der Waals surface area contributed by atoms with Crippen LogP contribution in [0.4, 0.5) is 5.69 Å². The Balaban J connectivity index is 1.67. The Kier molecular flexibility index (Phi) is 5.12. The number of nitrogens with zero attached hydrogens (tertiary/aromatic N) is 3. The number of fused-ring (bicyclic) bond motifs is 1. The van der Waals surface area contributed by atoms with E-state index in [9.17, 15) is 5.11 Å². The van der Waals surface area contributed by atoms with Crippen molar-refractivity contribution in [3.8, 4) is 5.75 Å². The molecule has 4 rings (SSSR count). The molecule has 0 unspecified atom stereocenters. The highest BCUT2D eigenvalue weighted by molar-refractivity contribution is 7.20. The fraction of sp³-hybridized carbons (Fsp3) is 0.0455. The molecule has 0 atom stereocenters. The molecule has 0 bridgehead atoms. The third-order valence-corrected chi connectivity index (χ3v) is 5.07. The average Bonchev–Trinajstić information content (AvgIpc) is 3.13. The van der Waals surface area contributed by atoms with Crippen LogP contribution in [0.25, 0.3) is 10.2 Å². The summed E-state index contributed by atoms with van der Waals surface area (Å²) in [5, 5.41) is 14.6. The van der Waals surface area contributed by atoms with E-state index in [1.165, 1.54) is 5.56 Å². The standard InChI is InChI=1S/C22H18N4OS/c1-15-9-11-17(12-10-15)24-21(22-25-19-7-2-3-8-20(19)28-22)26-23-14-16-5-4-6-18(27)13-16/h2-14,27H,1H3,(H,24,26)/b23-14-. The highest BCUT2D eigenvalue weighted by Crippen LogP contribution is 2.23. The van der Waals surface area contributed by atoms with Gasteiger partial charge in [-0.05, 0) is 48.9 Å². The van der Waals surface area contributed by atoms with Gasteiger partial charge in [0, 0.05) is 0 Å². The van der Waals surface area contributed by atoms with Crippen molar-refractivity contribution in [2.75, 3.05) is 0 Å². The van der Waals surface area contributed by atoms with E-state index in [1.54, 1.807) is 35.8 Å². The molecule has 4 aromatic rings. The van der Waals surface area contributed by atoms with Crippen LogP contribution in [0.1, 0.15) is 16.1 Å². The van der Waals surface area contributed by atoms with Crippen LogP contribution in [0, 0.1) is 6.92 Å². The Morgan fingerprint density at radius 2 is 1.86 bits per heavy atom. The maximum absolute atomic E-state index is 9.58. The highest BCUT2D eigenvalue weighted by atomic mass is 32.1. The molecule has 138 valence electrons. The molecule has 0 amide bonds. The number of aliphatic imine (C=N–C) groups is 1. The minimum Gasteiger partial charge on any atom is -0.508 e. The van der Waals surface area contributed by atoms with Gasteiger partial charge in [0.15, 0.2) is 10.8 Å². The van der Waals surface area contributed by atoms with Crippen LogP contribution in [0.3, 0.4) is 0 Å². The maximum atomic E-state index is 9.58. The molecule has 0 saturated heterocycles. The normalized spacial score (nSPS) is 12.0. The predicted octanol–water partition coefficient (Wildman–Crippen LogP) is 5.01. The largest absolute Gasteiger partial charge is 0.508 e. The van der Waals surface area contributed by atoms with Crippen molar-refractivity contribution >= 4 is 39.3 Å². The minimum atomic E-state index is 0.198. The van der Waals surface area contributed by atoms with Gasteiger partial charge >= 0.3 is 0 Å². The van der Waals surface area contributed by atoms with Gasteiger partial charge in [-0.1, -0.05) is 42.0 Å². The lowest BCUT2D eigenvalue weighted by Crippen LogP contribution is -2.18. The number of aromatic nitrogens is 1. The molecule has 0 aliphatic carbocycles. The van der Waals surface area contributed by atoms with E-state index in [1.807, 2.05) is 61.5 Å². The molecule has 28 heavy (non-hydrogen) atoms. The van der Waals surface area contributed by atoms with Crippen LogP contribution in [0.2, 0.25) is 0 Å². The van der Waals surface area contributed by atoms with Gasteiger partial charge < -0.3 is 5.11 Å². The van der Waals surface area contributed by atoms with E-state index in [-0.39, 0.29) is 5.75 Å². The topological polar surface area (TPSA) is 69.9 Å². The van der Waals surface area contributed by atoms with E-state index in [4.69, 9.17) is 4.99 Å². The number of rotatable bonds is 4. The maximum Gasteiger partial charge on any atom is 0.183 e. The predicted molar refractivity (Wildman–Crippen MR) is 116 cm³/mol. The number of thiazole rings is 1. The lowest BCUT2D eigenvalue weighted by atomic mass is 10.2. The van der Waals surface area contributed by atoms with E-state index >= 15 is 0 Å². The zero-order valence-corrected chi connectivity index (χ0v) is 16.0. The number of amidine groups is 1. The number of benzene rings is 3. The Labute approximate surface area is 166 Å². The van der Waals surface area contributed by atoms with E-state index < -0.39 is 0 Å². The second kappa shape index (κ2) is 8.02. The summed E-state index contributed by atoms with van der Waals surface area (Å²) in [7, 11) is 0. The fourth-order valence-corrected chi connectivity index (χ4v) is 3.52. The van der Waals surface area contributed by atoms with Crippen molar-refractivity contribution in [1.29, 1.82) is 0 Å². The van der Waals surface area contributed by atoms with Crippen molar-refractivity contribution in [3.05, 3.63) is 88.9 Å². The molecule has 2 N–H and O–H groups in total. The van der Waals surface area contributed by atoms with Gasteiger partial charge in [-0.2, -0.15) is 5.10 Å². The van der Waals surface area contributed by atoms with Crippen molar-refractivity contribution in [2.24, 2.45) is 10.1 Å². The summed E-state index contributed by atoms with van der Waals surface area (Å²) in [6.45, 7) is 2.04. The SMILES string of the molecule is Cc1ccc(N=C(N/N=C\c2cccc(O)c2)c2nc3ccccc3s2)cc1. The van der Waals surface area contributed by atoms with Crippen LogP contribution in [0.5, 0.6) is 5.75 Å². The highest BCUT2D eigenvalue weighted by Gasteiger charge is 2.10. The van der Waals surface area contributed by atoms with Crippen LogP contribution < -0.4 is 5.43 Å². The number of hydrazone groups is 1. The van der Waals surface area contributed by atoms with E-state index in [0.717, 1.165) is 26.5 Å². The van der Waals surface area contributed by atoms with E-state index in [0.29, 0.717) is 5.84 Å². The van der Waals surface area contributed by atoms with Crippen molar-refractivity contribution < 1.29 is 5.11 Å². The number of hydrogen-bond donors (Lipinski definition) is 2. The van der Waals surface area contributed by atoms with Gasteiger partial charge in [-0.25, -0.2) is 9.98 Å². The van der Waals surface area contributed by atoms with Crippen LogP contribution in [0.15, 0.2) is 82.9 Å². The smallest absolute Gasteiger partial charge is 0.183 e. The number of aryl methyl sites for hydroxylation is 1. The molecular formula is C22H18N4OS. The zero-order chi connectivity index (χ0) is 19.3. The van der Waals surface area contributed by atoms with Gasteiger partial charge in [0.05, 0.1) is 22.1 Å². The van der Waals surface area contributed by atoms with Gasteiger partial charge in [-0.3, -0.25) is 5.43 Å². The number of phenols is 1. The van der Waals surface area contributed by atoms with Crippen molar-refractivity contribution in [3.63, 3.8) is 0 Å². The lowest BCUT2D eigenvalue weighted by molar-refractivity contribution is 0.475. The first-order valence-electron chi connectivity index (χ1n) is 8.77. The van der Waals surface area contributed by atoms with Crippen LogP contribution in [-0.2, 0) is 0 Å². The molecule has 0 aliphatic rings. The molecule has 0 saturated carbocycles. The summed E-state index contributed by atoms with van der Waals surface area (Å²) in [6, 6.07) is 22.8. The lowest BCUT2D eigenvalue weighted by Gasteiger charge is -2.03. The first-order valence-corrected chi connectivity index (χ1v) is 9.58. The Hall–Kier alpha value is -3.51. The molecule has 1 aromatic heterocycles. The van der Waals surface area contributed by atoms with Gasteiger partial charge in [-0.15, -0.1) is 11.3 Å². The first kappa shape index (κ1) is 17.9. The van der Waals surface area contributed by atoms with Crippen LogP contribution >= 0.6 is 11.3 Å². The van der Waals surface area contributed by atoms with Crippen molar-refractivity contribution in [2.45, 2.75) is 6.92 Å². The van der Waals surface area contributed by atoms with Crippen molar-refractivity contribution in [1.82, 2.24) is 10.4 Å². The summed E-state index contributed by atoms with van der Waals surface area (Å²) in [5.74, 6) is 0.769. The second-order valence-electron chi connectivity index (χ2n) is 6.25. The zero-order valence-electron chi connectivity index (χ0n) is 15.2. The molecule has 6 heteroatoms. The number of hydrogen-bond acceptors (Lipinski definition) is 5. The molecule has 1 heterocycles. The van der Waals surface area contributed by atoms with Gasteiger partial charge in [0.1, 0.15) is 5.75 Å². The average molecular weight is 386 g/mol. The molecule has 0 radical (unpaired) electrons.